The fourth-order valence-electron chi connectivity index (χ4n) is 4.42. The van der Waals surface area contributed by atoms with Gasteiger partial charge >= 0.3 is 0 Å². The second-order valence-corrected chi connectivity index (χ2v) is 9.26. The van der Waals surface area contributed by atoms with Gasteiger partial charge in [0.05, 0.1) is 29.1 Å². The Kier molecular flexibility index (Phi) is 7.14. The number of hydrogen-bond acceptors (Lipinski definition) is 4. The van der Waals surface area contributed by atoms with E-state index in [0.29, 0.717) is 38.3 Å². The molecule has 1 aromatic heterocycles. The zero-order chi connectivity index (χ0) is 24.4. The lowest BCUT2D eigenvalue weighted by Crippen LogP contribution is -2.36. The number of ether oxygens (including phenoxy) is 1. The molecule has 1 aliphatic carbocycles. The Labute approximate surface area is 208 Å². The zero-order valence-electron chi connectivity index (χ0n) is 19.0. The fraction of sp³-hybridized carbons (Fsp3) is 0.320. The molecule has 4 rings (SSSR count). The summed E-state index contributed by atoms with van der Waals surface area (Å²) >= 11 is 12.6. The van der Waals surface area contributed by atoms with Crippen LogP contribution in [0, 0.1) is 6.92 Å². The van der Waals surface area contributed by atoms with Crippen LogP contribution < -0.4 is 15.8 Å². The summed E-state index contributed by atoms with van der Waals surface area (Å²) in [5.41, 5.74) is 8.39. The molecule has 9 heteroatoms. The highest BCUT2D eigenvalue weighted by molar-refractivity contribution is 6.35. The van der Waals surface area contributed by atoms with Gasteiger partial charge in [-0.1, -0.05) is 42.5 Å². The number of nitrogens with two attached hydrogens (primary N) is 1. The predicted molar refractivity (Wildman–Crippen MR) is 133 cm³/mol. The molecule has 1 aliphatic rings. The van der Waals surface area contributed by atoms with Gasteiger partial charge in [-0.25, -0.2) is 4.68 Å². The van der Waals surface area contributed by atoms with Crippen molar-refractivity contribution in [1.82, 2.24) is 15.1 Å². The largest absolute Gasteiger partial charge is 0.497 e. The minimum absolute atomic E-state index is 0.121. The normalized spacial score (nSPS) is 14.1. The molecule has 0 saturated heterocycles. The molecule has 2 amide bonds. The first-order chi connectivity index (χ1) is 16.3. The Hall–Kier alpha value is -3.03. The van der Waals surface area contributed by atoms with Crippen molar-refractivity contribution < 1.29 is 14.3 Å². The van der Waals surface area contributed by atoms with Gasteiger partial charge in [0.15, 0.2) is 5.69 Å². The Balaban J connectivity index is 1.89. The van der Waals surface area contributed by atoms with Crippen LogP contribution in [0.2, 0.25) is 10.0 Å². The maximum absolute atomic E-state index is 13.3. The van der Waals surface area contributed by atoms with E-state index in [1.165, 1.54) is 13.5 Å². The maximum Gasteiger partial charge on any atom is 0.272 e. The summed E-state index contributed by atoms with van der Waals surface area (Å²) < 4.78 is 6.84. The Morgan fingerprint density at radius 2 is 1.85 bits per heavy atom. The summed E-state index contributed by atoms with van der Waals surface area (Å²) in [6.45, 7) is 1.80. The molecule has 178 valence electrons. The van der Waals surface area contributed by atoms with Crippen molar-refractivity contribution in [3.63, 3.8) is 0 Å². The summed E-state index contributed by atoms with van der Waals surface area (Å²) in [5.74, 6) is -0.402. The van der Waals surface area contributed by atoms with E-state index >= 15 is 0 Å². The molecular weight excluding hydrogens is 475 g/mol. The second kappa shape index (κ2) is 10.1. The molecule has 0 aliphatic heterocycles. The molecule has 1 fully saturated rings. The van der Waals surface area contributed by atoms with Gasteiger partial charge in [0.2, 0.25) is 5.91 Å². The number of rotatable bonds is 6. The molecule has 0 atom stereocenters. The number of nitrogens with zero attached hydrogens (tertiary/aromatic N) is 2. The van der Waals surface area contributed by atoms with Gasteiger partial charge < -0.3 is 15.8 Å². The van der Waals surface area contributed by atoms with Gasteiger partial charge in [-0.05, 0) is 56.2 Å². The van der Waals surface area contributed by atoms with E-state index in [0.717, 1.165) is 25.7 Å². The van der Waals surface area contributed by atoms with Gasteiger partial charge in [-0.3, -0.25) is 9.59 Å². The van der Waals surface area contributed by atoms with Crippen LogP contribution in [0.25, 0.3) is 16.9 Å². The van der Waals surface area contributed by atoms with E-state index in [1.807, 2.05) is 0 Å². The predicted octanol–water partition coefficient (Wildman–Crippen LogP) is 5.32. The van der Waals surface area contributed by atoms with E-state index in [2.05, 4.69) is 10.4 Å². The number of amides is 2. The lowest BCUT2D eigenvalue weighted by atomic mass is 9.95. The van der Waals surface area contributed by atoms with Crippen LogP contribution in [0.5, 0.6) is 5.75 Å². The van der Waals surface area contributed by atoms with Gasteiger partial charge in [0, 0.05) is 22.2 Å². The summed E-state index contributed by atoms with van der Waals surface area (Å²) in [6.07, 6.45) is 5.28. The van der Waals surface area contributed by atoms with E-state index in [1.54, 1.807) is 48.0 Å². The molecule has 3 N–H and O–H groups in total. The van der Waals surface area contributed by atoms with Crippen molar-refractivity contribution in [2.75, 3.05) is 7.11 Å². The van der Waals surface area contributed by atoms with Crippen LogP contribution in [0.3, 0.4) is 0 Å². The van der Waals surface area contributed by atoms with Gasteiger partial charge in [0.1, 0.15) is 5.75 Å². The SMILES string of the molecule is COc1ccc(-c2c(C)c(C(=O)NC3CCCCC3)nn2-c2ccc(Cl)cc2Cl)c(C(N)=O)c1. The van der Waals surface area contributed by atoms with Crippen LogP contribution in [0.4, 0.5) is 0 Å². The highest BCUT2D eigenvalue weighted by Gasteiger charge is 2.27. The first-order valence-corrected chi connectivity index (χ1v) is 11.9. The highest BCUT2D eigenvalue weighted by atomic mass is 35.5. The van der Waals surface area contributed by atoms with Crippen molar-refractivity contribution in [3.05, 3.63) is 63.3 Å². The third-order valence-corrected chi connectivity index (χ3v) is 6.70. The van der Waals surface area contributed by atoms with E-state index in [-0.39, 0.29) is 23.2 Å². The van der Waals surface area contributed by atoms with E-state index < -0.39 is 5.91 Å². The average Bonchev–Trinajstić information content (AvgIpc) is 3.16. The quantitative estimate of drug-likeness (QED) is 0.477. The highest BCUT2D eigenvalue weighted by Crippen LogP contribution is 2.35. The lowest BCUT2D eigenvalue weighted by molar-refractivity contribution is 0.0920. The molecule has 3 aromatic rings. The fourth-order valence-corrected chi connectivity index (χ4v) is 4.91. The van der Waals surface area contributed by atoms with Crippen LogP contribution >= 0.6 is 23.2 Å². The number of primary amides is 1. The number of aromatic nitrogens is 2. The number of hydrogen-bond donors (Lipinski definition) is 2. The van der Waals surface area contributed by atoms with E-state index in [9.17, 15) is 9.59 Å². The minimum Gasteiger partial charge on any atom is -0.497 e. The molecule has 2 aromatic carbocycles. The third kappa shape index (κ3) is 4.76. The average molecular weight is 501 g/mol. The molecule has 0 radical (unpaired) electrons. The Morgan fingerprint density at radius 1 is 1.12 bits per heavy atom. The van der Waals surface area contributed by atoms with Crippen LogP contribution in [0.15, 0.2) is 36.4 Å². The Bertz CT molecular complexity index is 1250. The van der Waals surface area contributed by atoms with Crippen LogP contribution in [-0.2, 0) is 0 Å². The van der Waals surface area contributed by atoms with Crippen molar-refractivity contribution in [2.24, 2.45) is 5.73 Å². The molecule has 7 nitrogen and oxygen atoms in total. The first-order valence-electron chi connectivity index (χ1n) is 11.1. The second-order valence-electron chi connectivity index (χ2n) is 8.41. The van der Waals surface area contributed by atoms with Crippen LogP contribution in [0.1, 0.15) is 58.5 Å². The van der Waals surface area contributed by atoms with Crippen LogP contribution in [-0.4, -0.2) is 34.7 Å². The first kappa shape index (κ1) is 24.1. The molecule has 0 unspecified atom stereocenters. The molecule has 34 heavy (non-hydrogen) atoms. The van der Waals surface area contributed by atoms with Crippen molar-refractivity contribution >= 4 is 35.0 Å². The van der Waals surface area contributed by atoms with Crippen molar-refractivity contribution in [3.8, 4) is 22.7 Å². The van der Waals surface area contributed by atoms with Crippen molar-refractivity contribution in [2.45, 2.75) is 45.1 Å². The van der Waals surface area contributed by atoms with Gasteiger partial charge in [-0.2, -0.15) is 5.10 Å². The minimum atomic E-state index is -0.628. The third-order valence-electron chi connectivity index (χ3n) is 6.16. The van der Waals surface area contributed by atoms with Gasteiger partial charge in [-0.15, -0.1) is 0 Å². The molecule has 1 saturated carbocycles. The summed E-state index contributed by atoms with van der Waals surface area (Å²) in [6, 6.07) is 10.2. The number of methoxy groups -OCH3 is 1. The van der Waals surface area contributed by atoms with Gasteiger partial charge in [0.25, 0.3) is 5.91 Å². The molecule has 0 bridgehead atoms. The number of carbonyl (C=O) groups is 2. The lowest BCUT2D eigenvalue weighted by Gasteiger charge is -2.22. The maximum atomic E-state index is 13.3. The standard InChI is InChI=1S/C25H26Cl2N4O3/c1-14-22(25(33)29-16-6-4-3-5-7-16)30-31(21-11-8-15(26)12-20(21)27)23(14)18-10-9-17(34-2)13-19(18)24(28)32/h8-13,16H,3-7H2,1-2H3,(H2,28,32)(H,29,33). The summed E-state index contributed by atoms with van der Waals surface area (Å²) in [5, 5.41) is 8.59. The van der Waals surface area contributed by atoms with Crippen molar-refractivity contribution in [1.29, 1.82) is 0 Å². The molecule has 1 heterocycles. The molecular formula is C25H26Cl2N4O3. The number of benzene rings is 2. The number of nitrogens with one attached hydrogen (secondary N) is 1. The monoisotopic (exact) mass is 500 g/mol. The zero-order valence-corrected chi connectivity index (χ0v) is 20.5. The van der Waals surface area contributed by atoms with E-state index in [4.69, 9.17) is 33.7 Å². The molecule has 0 spiro atoms. The smallest absolute Gasteiger partial charge is 0.272 e. The topological polar surface area (TPSA) is 99.2 Å². The number of halogens is 2. The summed E-state index contributed by atoms with van der Waals surface area (Å²) in [7, 11) is 1.51. The summed E-state index contributed by atoms with van der Waals surface area (Å²) in [4.78, 5) is 25.6. The number of carbonyl (C=O) groups excluding carboxylic acids is 2. The Morgan fingerprint density at radius 3 is 2.50 bits per heavy atom.